The van der Waals surface area contributed by atoms with Crippen LogP contribution in [0.2, 0.25) is 5.02 Å². The monoisotopic (exact) mass is 355 g/mol. The van der Waals surface area contributed by atoms with E-state index in [-0.39, 0.29) is 10.6 Å². The molecule has 2 aromatic rings. The molecule has 0 fully saturated rings. The Bertz CT molecular complexity index is 834. The predicted molar refractivity (Wildman–Crippen MR) is 91.3 cm³/mol. The summed E-state index contributed by atoms with van der Waals surface area (Å²) in [7, 11) is -0.872. The Morgan fingerprint density at radius 3 is 2.26 bits per heavy atom. The van der Waals surface area contributed by atoms with E-state index in [2.05, 4.69) is 4.72 Å². The standard InChI is InChI=1S/C16H18ClNO4S/c1-10-5-6-11(2)16(7-10)23(19,20)18-13-9-14(21-3)12(17)8-15(13)22-4/h5-9,18H,1-4H3. The molecule has 0 atom stereocenters. The van der Waals surface area contributed by atoms with Gasteiger partial charge in [-0.3, -0.25) is 4.72 Å². The fourth-order valence-corrected chi connectivity index (χ4v) is 3.76. The van der Waals surface area contributed by atoms with E-state index in [1.807, 2.05) is 13.0 Å². The summed E-state index contributed by atoms with van der Waals surface area (Å²) in [6.45, 7) is 3.58. The molecule has 0 unspecified atom stereocenters. The van der Waals surface area contributed by atoms with Gasteiger partial charge in [-0.15, -0.1) is 0 Å². The van der Waals surface area contributed by atoms with Crippen LogP contribution in [0.1, 0.15) is 11.1 Å². The molecule has 0 saturated heterocycles. The third-order valence-electron chi connectivity index (χ3n) is 3.35. The molecule has 2 aromatic carbocycles. The highest BCUT2D eigenvalue weighted by Gasteiger charge is 2.20. The van der Waals surface area contributed by atoms with Gasteiger partial charge in [0.25, 0.3) is 10.0 Å². The quantitative estimate of drug-likeness (QED) is 0.886. The molecular formula is C16H18ClNO4S. The zero-order valence-electron chi connectivity index (χ0n) is 13.3. The summed E-state index contributed by atoms with van der Waals surface area (Å²) in [6, 6.07) is 8.24. The number of benzene rings is 2. The molecule has 5 nitrogen and oxygen atoms in total. The van der Waals surface area contributed by atoms with Gasteiger partial charge in [0.2, 0.25) is 0 Å². The lowest BCUT2D eigenvalue weighted by atomic mass is 10.2. The first-order chi connectivity index (χ1) is 10.8. The molecule has 124 valence electrons. The van der Waals surface area contributed by atoms with Gasteiger partial charge >= 0.3 is 0 Å². The number of ether oxygens (including phenoxy) is 2. The normalized spacial score (nSPS) is 11.2. The van der Waals surface area contributed by atoms with E-state index in [1.54, 1.807) is 19.1 Å². The minimum Gasteiger partial charge on any atom is -0.495 e. The topological polar surface area (TPSA) is 64.6 Å². The average molecular weight is 356 g/mol. The van der Waals surface area contributed by atoms with E-state index in [0.29, 0.717) is 22.1 Å². The third-order valence-corrected chi connectivity index (χ3v) is 5.15. The summed E-state index contributed by atoms with van der Waals surface area (Å²) in [5.41, 5.74) is 1.77. The molecule has 7 heteroatoms. The SMILES string of the molecule is COc1cc(NS(=O)(=O)c2cc(C)ccc2C)c(OC)cc1Cl. The second kappa shape index (κ2) is 6.68. The zero-order chi connectivity index (χ0) is 17.2. The predicted octanol–water partition coefficient (Wildman–Crippen LogP) is 3.77. The molecule has 0 amide bonds. The van der Waals surface area contributed by atoms with Crippen LogP contribution in [0.4, 0.5) is 5.69 Å². The number of sulfonamides is 1. The molecule has 0 radical (unpaired) electrons. The number of hydrogen-bond acceptors (Lipinski definition) is 4. The van der Waals surface area contributed by atoms with Gasteiger partial charge in [0, 0.05) is 12.1 Å². The van der Waals surface area contributed by atoms with Crippen molar-refractivity contribution in [3.63, 3.8) is 0 Å². The van der Waals surface area contributed by atoms with Gasteiger partial charge < -0.3 is 9.47 Å². The molecule has 1 N–H and O–H groups in total. The number of anilines is 1. The largest absolute Gasteiger partial charge is 0.495 e. The first kappa shape index (κ1) is 17.4. The van der Waals surface area contributed by atoms with E-state index in [9.17, 15) is 8.42 Å². The molecule has 23 heavy (non-hydrogen) atoms. The summed E-state index contributed by atoms with van der Waals surface area (Å²) < 4.78 is 38.2. The van der Waals surface area contributed by atoms with Crippen molar-refractivity contribution >= 4 is 27.3 Å². The van der Waals surface area contributed by atoms with E-state index >= 15 is 0 Å². The Morgan fingerprint density at radius 2 is 1.65 bits per heavy atom. The third kappa shape index (κ3) is 3.71. The van der Waals surface area contributed by atoms with Crippen molar-refractivity contribution in [2.24, 2.45) is 0 Å². The van der Waals surface area contributed by atoms with Crippen LogP contribution in [-0.4, -0.2) is 22.6 Å². The molecule has 0 spiro atoms. The lowest BCUT2D eigenvalue weighted by molar-refractivity contribution is 0.405. The van der Waals surface area contributed by atoms with Crippen LogP contribution >= 0.6 is 11.6 Å². The highest BCUT2D eigenvalue weighted by atomic mass is 35.5. The van der Waals surface area contributed by atoms with Crippen LogP contribution < -0.4 is 14.2 Å². The van der Waals surface area contributed by atoms with Crippen molar-refractivity contribution in [3.8, 4) is 11.5 Å². The van der Waals surface area contributed by atoms with E-state index in [0.717, 1.165) is 5.56 Å². The van der Waals surface area contributed by atoms with Crippen LogP contribution in [0.3, 0.4) is 0 Å². The highest BCUT2D eigenvalue weighted by molar-refractivity contribution is 7.92. The lowest BCUT2D eigenvalue weighted by Gasteiger charge is -2.15. The van der Waals surface area contributed by atoms with Crippen molar-refractivity contribution < 1.29 is 17.9 Å². The minimum atomic E-state index is -3.77. The smallest absolute Gasteiger partial charge is 0.262 e. The van der Waals surface area contributed by atoms with Gasteiger partial charge in [-0.05, 0) is 31.0 Å². The number of aryl methyl sites for hydroxylation is 2. The number of nitrogens with one attached hydrogen (secondary N) is 1. The summed E-state index contributed by atoms with van der Waals surface area (Å²) >= 11 is 6.03. The zero-order valence-corrected chi connectivity index (χ0v) is 14.9. The molecule has 0 heterocycles. The van der Waals surface area contributed by atoms with Gasteiger partial charge in [-0.1, -0.05) is 23.7 Å². The van der Waals surface area contributed by atoms with Crippen LogP contribution in [0.25, 0.3) is 0 Å². The first-order valence-corrected chi connectivity index (χ1v) is 8.66. The maximum Gasteiger partial charge on any atom is 0.262 e. The number of rotatable bonds is 5. The molecule has 0 saturated carbocycles. The Balaban J connectivity index is 2.50. The maximum atomic E-state index is 12.7. The van der Waals surface area contributed by atoms with Gasteiger partial charge in [-0.25, -0.2) is 8.42 Å². The Labute approximate surface area is 141 Å². The fraction of sp³-hybridized carbons (Fsp3) is 0.250. The molecular weight excluding hydrogens is 338 g/mol. The second-order valence-corrected chi connectivity index (χ2v) is 7.12. The molecule has 0 aliphatic rings. The Hall–Kier alpha value is -1.92. The number of hydrogen-bond donors (Lipinski definition) is 1. The fourth-order valence-electron chi connectivity index (χ4n) is 2.14. The maximum absolute atomic E-state index is 12.7. The minimum absolute atomic E-state index is 0.216. The Morgan fingerprint density at radius 1 is 1.00 bits per heavy atom. The molecule has 0 bridgehead atoms. The van der Waals surface area contributed by atoms with Crippen molar-refractivity contribution in [2.75, 3.05) is 18.9 Å². The van der Waals surface area contributed by atoms with Crippen LogP contribution in [0, 0.1) is 13.8 Å². The molecule has 0 aliphatic heterocycles. The summed E-state index contributed by atoms with van der Waals surface area (Å²) in [5.74, 6) is 0.663. The van der Waals surface area contributed by atoms with Gasteiger partial charge in [0.1, 0.15) is 11.5 Å². The van der Waals surface area contributed by atoms with Crippen LogP contribution in [0.5, 0.6) is 11.5 Å². The number of methoxy groups -OCH3 is 2. The van der Waals surface area contributed by atoms with Crippen molar-refractivity contribution in [1.29, 1.82) is 0 Å². The average Bonchev–Trinajstić information content (AvgIpc) is 2.50. The second-order valence-electron chi connectivity index (χ2n) is 5.06. The van der Waals surface area contributed by atoms with E-state index < -0.39 is 10.0 Å². The van der Waals surface area contributed by atoms with Crippen molar-refractivity contribution in [1.82, 2.24) is 0 Å². The molecule has 0 aromatic heterocycles. The summed E-state index contributed by atoms with van der Waals surface area (Å²) in [6.07, 6.45) is 0. The van der Waals surface area contributed by atoms with Crippen LogP contribution in [-0.2, 0) is 10.0 Å². The highest BCUT2D eigenvalue weighted by Crippen LogP contribution is 2.37. The summed E-state index contributed by atoms with van der Waals surface area (Å²) in [5, 5.41) is 0.332. The summed E-state index contributed by atoms with van der Waals surface area (Å²) in [4.78, 5) is 0.216. The number of halogens is 1. The molecule has 2 rings (SSSR count). The van der Waals surface area contributed by atoms with Gasteiger partial charge in [0.15, 0.2) is 0 Å². The first-order valence-electron chi connectivity index (χ1n) is 6.80. The lowest BCUT2D eigenvalue weighted by Crippen LogP contribution is -2.15. The molecule has 0 aliphatic carbocycles. The Kier molecular flexibility index (Phi) is 5.06. The van der Waals surface area contributed by atoms with Gasteiger partial charge in [-0.2, -0.15) is 0 Å². The van der Waals surface area contributed by atoms with E-state index in [4.69, 9.17) is 21.1 Å². The van der Waals surface area contributed by atoms with Crippen molar-refractivity contribution in [2.45, 2.75) is 18.7 Å². The van der Waals surface area contributed by atoms with Crippen LogP contribution in [0.15, 0.2) is 35.2 Å². The van der Waals surface area contributed by atoms with Crippen molar-refractivity contribution in [3.05, 3.63) is 46.5 Å². The van der Waals surface area contributed by atoms with E-state index in [1.165, 1.54) is 26.4 Å². The van der Waals surface area contributed by atoms with Gasteiger partial charge in [0.05, 0.1) is 29.8 Å².